The van der Waals surface area contributed by atoms with Crippen molar-refractivity contribution < 1.29 is 18.4 Å². The van der Waals surface area contributed by atoms with Crippen LogP contribution in [0.25, 0.3) is 0 Å². The highest BCUT2D eigenvalue weighted by molar-refractivity contribution is 5.38. The summed E-state index contributed by atoms with van der Waals surface area (Å²) in [6.07, 6.45) is 3.33. The van der Waals surface area contributed by atoms with Crippen molar-refractivity contribution in [2.24, 2.45) is 0 Å². The fourth-order valence-electron chi connectivity index (χ4n) is 3.01. The molecule has 0 aliphatic carbocycles. The third-order valence-corrected chi connectivity index (χ3v) is 4.56. The summed E-state index contributed by atoms with van der Waals surface area (Å²) in [6.45, 7) is 4.04. The van der Waals surface area contributed by atoms with Gasteiger partial charge in [-0.3, -0.25) is 9.88 Å². The highest BCUT2D eigenvalue weighted by atomic mass is 19.1. The highest BCUT2D eigenvalue weighted by Gasteiger charge is 2.20. The molecule has 0 radical (unpaired) electrons. The topological polar surface area (TPSA) is 89.6 Å². The van der Waals surface area contributed by atoms with Crippen LogP contribution in [-0.2, 0) is 13.2 Å². The van der Waals surface area contributed by atoms with Gasteiger partial charge in [0, 0.05) is 26.2 Å². The molecular weight excluding hydrogens is 379 g/mol. The number of nitrogens with zero attached hydrogens (tertiary/aromatic N) is 6. The first-order valence-corrected chi connectivity index (χ1v) is 9.23. The lowest BCUT2D eigenvalue weighted by Gasteiger charge is -2.34. The van der Waals surface area contributed by atoms with Gasteiger partial charge in [0.25, 0.3) is 0 Å². The zero-order valence-electron chi connectivity index (χ0n) is 16.0. The number of piperazine rings is 1. The fraction of sp³-hybridized carbons (Fsp3) is 0.368. The third kappa shape index (κ3) is 4.96. The van der Waals surface area contributed by atoms with Crippen molar-refractivity contribution >= 4 is 5.82 Å². The molecule has 3 aromatic rings. The standard InChI is InChI=1S/C19H21FN6O3/c1-27-18-11-21-10-17(23-18)26-8-6-25(7-9-26)12-19-22-16(24-29-19)13-28-15-4-2-14(20)3-5-15/h2-5,10-11H,6-9,12-13H2,1H3. The minimum atomic E-state index is -0.308. The van der Waals surface area contributed by atoms with Gasteiger partial charge in [0.2, 0.25) is 17.6 Å². The Hall–Kier alpha value is -3.27. The van der Waals surface area contributed by atoms with E-state index in [4.69, 9.17) is 14.0 Å². The molecule has 29 heavy (non-hydrogen) atoms. The molecule has 1 aromatic carbocycles. The van der Waals surface area contributed by atoms with Gasteiger partial charge < -0.3 is 18.9 Å². The molecule has 0 unspecified atom stereocenters. The maximum Gasteiger partial charge on any atom is 0.240 e. The molecule has 152 valence electrons. The fourth-order valence-corrected chi connectivity index (χ4v) is 3.01. The number of rotatable bonds is 7. The zero-order valence-corrected chi connectivity index (χ0v) is 16.0. The van der Waals surface area contributed by atoms with Gasteiger partial charge in [-0.1, -0.05) is 5.16 Å². The van der Waals surface area contributed by atoms with Crippen LogP contribution in [0.2, 0.25) is 0 Å². The van der Waals surface area contributed by atoms with Gasteiger partial charge in [0.05, 0.1) is 26.0 Å². The smallest absolute Gasteiger partial charge is 0.240 e. The molecule has 1 fully saturated rings. The van der Waals surface area contributed by atoms with E-state index < -0.39 is 0 Å². The number of benzene rings is 1. The number of hydrogen-bond acceptors (Lipinski definition) is 9. The molecule has 0 N–H and O–H groups in total. The van der Waals surface area contributed by atoms with Crippen molar-refractivity contribution in [3.05, 3.63) is 54.2 Å². The normalized spacial score (nSPS) is 14.8. The molecule has 1 saturated heterocycles. The lowest BCUT2D eigenvalue weighted by molar-refractivity contribution is 0.214. The van der Waals surface area contributed by atoms with Crippen LogP contribution < -0.4 is 14.4 Å². The Morgan fingerprint density at radius 1 is 1.07 bits per heavy atom. The van der Waals surface area contributed by atoms with E-state index >= 15 is 0 Å². The van der Waals surface area contributed by atoms with E-state index in [9.17, 15) is 4.39 Å². The summed E-state index contributed by atoms with van der Waals surface area (Å²) in [7, 11) is 1.58. The van der Waals surface area contributed by atoms with E-state index in [2.05, 4.69) is 29.9 Å². The van der Waals surface area contributed by atoms with Gasteiger partial charge >= 0.3 is 0 Å². The number of halogens is 1. The molecule has 0 bridgehead atoms. The monoisotopic (exact) mass is 400 g/mol. The van der Waals surface area contributed by atoms with Crippen LogP contribution in [0.15, 0.2) is 41.2 Å². The number of methoxy groups -OCH3 is 1. The maximum absolute atomic E-state index is 12.9. The molecule has 4 rings (SSSR count). The van der Waals surface area contributed by atoms with E-state index in [0.29, 0.717) is 29.9 Å². The summed E-state index contributed by atoms with van der Waals surface area (Å²) in [4.78, 5) is 17.4. The second kappa shape index (κ2) is 8.82. The largest absolute Gasteiger partial charge is 0.485 e. The van der Waals surface area contributed by atoms with E-state index in [0.717, 1.165) is 32.0 Å². The molecule has 10 heteroatoms. The van der Waals surface area contributed by atoms with Crippen LogP contribution in [0.4, 0.5) is 10.2 Å². The van der Waals surface area contributed by atoms with E-state index in [1.165, 1.54) is 12.1 Å². The average Bonchev–Trinajstić information content (AvgIpc) is 3.21. The van der Waals surface area contributed by atoms with Gasteiger partial charge in [-0.2, -0.15) is 9.97 Å². The Balaban J connectivity index is 1.26. The number of hydrogen-bond donors (Lipinski definition) is 0. The minimum Gasteiger partial charge on any atom is -0.485 e. The number of ether oxygens (including phenoxy) is 2. The number of aromatic nitrogens is 4. The van der Waals surface area contributed by atoms with Crippen molar-refractivity contribution in [3.63, 3.8) is 0 Å². The maximum atomic E-state index is 12.9. The van der Waals surface area contributed by atoms with Crippen molar-refractivity contribution in [3.8, 4) is 11.6 Å². The molecule has 1 aliphatic rings. The predicted molar refractivity (Wildman–Crippen MR) is 101 cm³/mol. The van der Waals surface area contributed by atoms with Crippen molar-refractivity contribution in [1.29, 1.82) is 0 Å². The average molecular weight is 400 g/mol. The Bertz CT molecular complexity index is 928. The van der Waals surface area contributed by atoms with Crippen LogP contribution in [-0.4, -0.2) is 58.3 Å². The quantitative estimate of drug-likeness (QED) is 0.590. The van der Waals surface area contributed by atoms with Gasteiger partial charge in [0.1, 0.15) is 11.6 Å². The molecule has 9 nitrogen and oxygen atoms in total. The Morgan fingerprint density at radius 2 is 1.86 bits per heavy atom. The second-order valence-electron chi connectivity index (χ2n) is 6.53. The van der Waals surface area contributed by atoms with Gasteiger partial charge in [-0.15, -0.1) is 0 Å². The van der Waals surface area contributed by atoms with Crippen molar-refractivity contribution in [2.75, 3.05) is 38.2 Å². The SMILES string of the molecule is COc1cncc(N2CCN(Cc3nc(COc4ccc(F)cc4)no3)CC2)n1. The van der Waals surface area contributed by atoms with Crippen LogP contribution in [0.1, 0.15) is 11.7 Å². The minimum absolute atomic E-state index is 0.164. The molecule has 0 amide bonds. The molecule has 2 aromatic heterocycles. The van der Waals surface area contributed by atoms with E-state index in [1.54, 1.807) is 31.6 Å². The van der Waals surface area contributed by atoms with Crippen LogP contribution in [0.3, 0.4) is 0 Å². The van der Waals surface area contributed by atoms with Gasteiger partial charge in [-0.25, -0.2) is 4.39 Å². The lowest BCUT2D eigenvalue weighted by Crippen LogP contribution is -2.46. The van der Waals surface area contributed by atoms with Crippen molar-refractivity contribution in [2.45, 2.75) is 13.2 Å². The van der Waals surface area contributed by atoms with E-state index in [-0.39, 0.29) is 12.4 Å². The van der Waals surface area contributed by atoms with Crippen LogP contribution in [0, 0.1) is 5.82 Å². The summed E-state index contributed by atoms with van der Waals surface area (Å²) in [5.74, 6) is 2.55. The molecule has 0 atom stereocenters. The third-order valence-electron chi connectivity index (χ3n) is 4.56. The molecule has 0 spiro atoms. The van der Waals surface area contributed by atoms with Gasteiger partial charge in [0.15, 0.2) is 12.4 Å². The summed E-state index contributed by atoms with van der Waals surface area (Å²) >= 11 is 0. The predicted octanol–water partition coefficient (Wildman–Crippen LogP) is 1.91. The number of anilines is 1. The van der Waals surface area contributed by atoms with E-state index in [1.807, 2.05) is 0 Å². The highest BCUT2D eigenvalue weighted by Crippen LogP contribution is 2.17. The Labute approximate surface area is 167 Å². The molecule has 0 saturated carbocycles. The molecule has 1 aliphatic heterocycles. The summed E-state index contributed by atoms with van der Waals surface area (Å²) < 4.78 is 28.9. The Morgan fingerprint density at radius 3 is 2.62 bits per heavy atom. The summed E-state index contributed by atoms with van der Waals surface area (Å²) in [6, 6.07) is 5.80. The lowest BCUT2D eigenvalue weighted by atomic mass is 10.3. The zero-order chi connectivity index (χ0) is 20.1. The molecule has 3 heterocycles. The van der Waals surface area contributed by atoms with Crippen molar-refractivity contribution in [1.82, 2.24) is 25.0 Å². The van der Waals surface area contributed by atoms with Crippen LogP contribution >= 0.6 is 0 Å². The van der Waals surface area contributed by atoms with Crippen LogP contribution in [0.5, 0.6) is 11.6 Å². The summed E-state index contributed by atoms with van der Waals surface area (Å²) in [5.41, 5.74) is 0. The second-order valence-corrected chi connectivity index (χ2v) is 6.53. The summed E-state index contributed by atoms with van der Waals surface area (Å²) in [5, 5.41) is 3.94. The first-order chi connectivity index (χ1) is 14.2. The first-order valence-electron chi connectivity index (χ1n) is 9.23. The van der Waals surface area contributed by atoms with Gasteiger partial charge in [-0.05, 0) is 24.3 Å². The molecular formula is C19H21FN6O3. The Kier molecular flexibility index (Phi) is 5.80. The first kappa shape index (κ1) is 19.1.